The number of methoxy groups -OCH3 is 1. The first-order valence-electron chi connectivity index (χ1n) is 8.93. The molecule has 1 heterocycles. The molecule has 2 aromatic rings. The molecule has 0 bridgehead atoms. The Balaban J connectivity index is 0.00000261. The zero-order valence-electron chi connectivity index (χ0n) is 16.4. The van der Waals surface area contributed by atoms with Crippen molar-refractivity contribution in [1.29, 1.82) is 0 Å². The molecule has 1 aliphatic heterocycles. The van der Waals surface area contributed by atoms with E-state index < -0.39 is 6.10 Å². The summed E-state index contributed by atoms with van der Waals surface area (Å²) in [6.45, 7) is 4.41. The molecular formula is C20H30Cl3N3O3. The van der Waals surface area contributed by atoms with Crippen molar-refractivity contribution in [1.82, 2.24) is 4.90 Å². The van der Waals surface area contributed by atoms with Crippen molar-refractivity contribution in [2.75, 3.05) is 57.1 Å². The molecule has 3 N–H and O–H groups in total. The molecule has 1 unspecified atom stereocenters. The fourth-order valence-electron chi connectivity index (χ4n) is 3.21. The Hall–Kier alpha value is -1.57. The molecule has 1 fully saturated rings. The lowest BCUT2D eigenvalue weighted by atomic mass is 10.2. The van der Waals surface area contributed by atoms with Gasteiger partial charge < -0.3 is 25.2 Å². The molecule has 164 valence electrons. The SMILES string of the molecule is COc1ccccc1N1CCN(CC(O)COc2ccccc2N)CC1.Cl.Cl.Cl. The smallest absolute Gasteiger partial charge is 0.142 e. The lowest BCUT2D eigenvalue weighted by Crippen LogP contribution is -2.49. The Bertz CT molecular complexity index is 716. The minimum Gasteiger partial charge on any atom is -0.495 e. The zero-order valence-corrected chi connectivity index (χ0v) is 18.8. The van der Waals surface area contributed by atoms with Crippen molar-refractivity contribution in [2.45, 2.75) is 6.10 Å². The van der Waals surface area contributed by atoms with Crippen LogP contribution in [-0.4, -0.2) is 62.6 Å². The van der Waals surface area contributed by atoms with Crippen molar-refractivity contribution < 1.29 is 14.6 Å². The number of rotatable bonds is 7. The highest BCUT2D eigenvalue weighted by atomic mass is 35.5. The molecule has 3 rings (SSSR count). The van der Waals surface area contributed by atoms with Gasteiger partial charge in [0.2, 0.25) is 0 Å². The number of aliphatic hydroxyl groups excluding tert-OH is 1. The number of nitrogens with two attached hydrogens (primary N) is 1. The number of β-amino-alcohol motifs (C(OH)–C–C–N with tert-alkyl or cyclic N) is 1. The van der Waals surface area contributed by atoms with Crippen LogP contribution in [0.1, 0.15) is 0 Å². The van der Waals surface area contributed by atoms with Crippen LogP contribution in [0.25, 0.3) is 0 Å². The first kappa shape index (κ1) is 27.4. The van der Waals surface area contributed by atoms with Crippen LogP contribution in [0.3, 0.4) is 0 Å². The fourth-order valence-corrected chi connectivity index (χ4v) is 3.21. The minimum absolute atomic E-state index is 0. The fraction of sp³-hybridized carbons (Fsp3) is 0.400. The highest BCUT2D eigenvalue weighted by molar-refractivity contribution is 5.86. The first-order valence-corrected chi connectivity index (χ1v) is 8.93. The van der Waals surface area contributed by atoms with Gasteiger partial charge in [0.15, 0.2) is 0 Å². The van der Waals surface area contributed by atoms with E-state index in [1.54, 1.807) is 13.2 Å². The number of ether oxygens (including phenoxy) is 2. The van der Waals surface area contributed by atoms with Gasteiger partial charge in [-0.05, 0) is 24.3 Å². The molecule has 1 saturated heterocycles. The maximum atomic E-state index is 10.3. The maximum Gasteiger partial charge on any atom is 0.142 e. The third-order valence-electron chi connectivity index (χ3n) is 4.62. The molecule has 0 aliphatic carbocycles. The number of para-hydroxylation sites is 4. The molecular weight excluding hydrogens is 437 g/mol. The van der Waals surface area contributed by atoms with E-state index in [-0.39, 0.29) is 43.8 Å². The van der Waals surface area contributed by atoms with E-state index in [1.807, 2.05) is 36.4 Å². The molecule has 1 aliphatic rings. The molecule has 9 heteroatoms. The van der Waals surface area contributed by atoms with Gasteiger partial charge in [0.05, 0.1) is 18.5 Å². The highest BCUT2D eigenvalue weighted by Crippen LogP contribution is 2.28. The topological polar surface area (TPSA) is 71.2 Å². The predicted octanol–water partition coefficient (Wildman–Crippen LogP) is 3.10. The van der Waals surface area contributed by atoms with E-state index in [1.165, 1.54) is 0 Å². The summed E-state index contributed by atoms with van der Waals surface area (Å²) in [6.07, 6.45) is -0.549. The van der Waals surface area contributed by atoms with Gasteiger partial charge >= 0.3 is 0 Å². The predicted molar refractivity (Wildman–Crippen MR) is 126 cm³/mol. The third-order valence-corrected chi connectivity index (χ3v) is 4.62. The quantitative estimate of drug-likeness (QED) is 0.611. The van der Waals surface area contributed by atoms with Crippen molar-refractivity contribution in [2.24, 2.45) is 0 Å². The van der Waals surface area contributed by atoms with E-state index in [4.69, 9.17) is 15.2 Å². The van der Waals surface area contributed by atoms with Gasteiger partial charge in [-0.25, -0.2) is 0 Å². The van der Waals surface area contributed by atoms with Gasteiger partial charge in [-0.1, -0.05) is 24.3 Å². The third kappa shape index (κ3) is 7.64. The molecule has 2 aromatic carbocycles. The highest BCUT2D eigenvalue weighted by Gasteiger charge is 2.21. The average Bonchev–Trinajstić information content (AvgIpc) is 2.68. The van der Waals surface area contributed by atoms with E-state index in [9.17, 15) is 5.11 Å². The summed E-state index contributed by atoms with van der Waals surface area (Å²) in [7, 11) is 1.70. The average molecular weight is 467 g/mol. The summed E-state index contributed by atoms with van der Waals surface area (Å²) in [5.41, 5.74) is 7.56. The number of nitrogens with zero attached hydrogens (tertiary/aromatic N) is 2. The van der Waals surface area contributed by atoms with Crippen molar-refractivity contribution in [3.63, 3.8) is 0 Å². The number of piperazine rings is 1. The Labute approximate surface area is 191 Å². The molecule has 0 radical (unpaired) electrons. The molecule has 1 atom stereocenters. The van der Waals surface area contributed by atoms with Crippen LogP contribution >= 0.6 is 37.2 Å². The Morgan fingerprint density at radius 2 is 1.52 bits per heavy atom. The van der Waals surface area contributed by atoms with Crippen LogP contribution in [0.15, 0.2) is 48.5 Å². The van der Waals surface area contributed by atoms with Gasteiger partial charge in [-0.3, -0.25) is 4.90 Å². The van der Waals surface area contributed by atoms with Crippen LogP contribution in [0.2, 0.25) is 0 Å². The van der Waals surface area contributed by atoms with Gasteiger partial charge in [0.1, 0.15) is 24.2 Å². The summed E-state index contributed by atoms with van der Waals surface area (Å²) in [6, 6.07) is 15.4. The number of hydrogen-bond donors (Lipinski definition) is 2. The standard InChI is InChI=1S/C20H27N3O3.3ClH/c1-25-20-9-5-3-7-18(20)23-12-10-22(11-13-23)14-16(24)15-26-19-8-4-2-6-17(19)21;;;/h2-9,16,24H,10-15,21H2,1H3;3*1H. The minimum atomic E-state index is -0.549. The first-order chi connectivity index (χ1) is 12.7. The number of nitrogen functional groups attached to an aromatic ring is 1. The number of benzene rings is 2. The van der Waals surface area contributed by atoms with Crippen LogP contribution in [0.5, 0.6) is 11.5 Å². The van der Waals surface area contributed by atoms with Crippen molar-refractivity contribution >= 4 is 48.6 Å². The number of halogens is 3. The van der Waals surface area contributed by atoms with E-state index in [0.717, 1.165) is 37.6 Å². The molecule has 0 amide bonds. The normalized spacial score (nSPS) is 14.6. The molecule has 29 heavy (non-hydrogen) atoms. The number of anilines is 2. The molecule has 0 spiro atoms. The van der Waals surface area contributed by atoms with E-state index in [0.29, 0.717) is 18.0 Å². The van der Waals surface area contributed by atoms with Gasteiger partial charge in [0, 0.05) is 32.7 Å². The Morgan fingerprint density at radius 3 is 2.14 bits per heavy atom. The largest absolute Gasteiger partial charge is 0.495 e. The summed E-state index contributed by atoms with van der Waals surface area (Å²) >= 11 is 0. The molecule has 6 nitrogen and oxygen atoms in total. The van der Waals surface area contributed by atoms with E-state index in [2.05, 4.69) is 15.9 Å². The Morgan fingerprint density at radius 1 is 0.931 bits per heavy atom. The summed E-state index contributed by atoms with van der Waals surface area (Å²) in [5, 5.41) is 10.3. The lowest BCUT2D eigenvalue weighted by molar-refractivity contribution is 0.0665. The van der Waals surface area contributed by atoms with Gasteiger partial charge in [-0.2, -0.15) is 0 Å². The van der Waals surface area contributed by atoms with Gasteiger partial charge in [0.25, 0.3) is 0 Å². The van der Waals surface area contributed by atoms with Crippen LogP contribution in [0.4, 0.5) is 11.4 Å². The summed E-state index contributed by atoms with van der Waals surface area (Å²) in [5.74, 6) is 1.52. The molecule has 0 aromatic heterocycles. The monoisotopic (exact) mass is 465 g/mol. The number of hydrogen-bond acceptors (Lipinski definition) is 6. The molecule has 0 saturated carbocycles. The number of aliphatic hydroxyl groups is 1. The second-order valence-electron chi connectivity index (χ2n) is 6.46. The van der Waals surface area contributed by atoms with Crippen LogP contribution < -0.4 is 20.1 Å². The van der Waals surface area contributed by atoms with Crippen molar-refractivity contribution in [3.8, 4) is 11.5 Å². The maximum absolute atomic E-state index is 10.3. The van der Waals surface area contributed by atoms with Gasteiger partial charge in [-0.15, -0.1) is 37.2 Å². The zero-order chi connectivity index (χ0) is 18.4. The summed E-state index contributed by atoms with van der Waals surface area (Å²) in [4.78, 5) is 4.58. The summed E-state index contributed by atoms with van der Waals surface area (Å²) < 4.78 is 11.1. The van der Waals surface area contributed by atoms with Crippen LogP contribution in [-0.2, 0) is 0 Å². The van der Waals surface area contributed by atoms with Crippen molar-refractivity contribution in [3.05, 3.63) is 48.5 Å². The second-order valence-corrected chi connectivity index (χ2v) is 6.46. The lowest BCUT2D eigenvalue weighted by Gasteiger charge is -2.37. The van der Waals surface area contributed by atoms with Crippen LogP contribution in [0, 0.1) is 0 Å². The second kappa shape index (κ2) is 13.6. The van der Waals surface area contributed by atoms with E-state index >= 15 is 0 Å². The Kier molecular flexibility index (Phi) is 12.9.